The van der Waals surface area contributed by atoms with Crippen molar-refractivity contribution in [2.75, 3.05) is 6.26 Å². The summed E-state index contributed by atoms with van der Waals surface area (Å²) in [6, 6.07) is 7.90. The van der Waals surface area contributed by atoms with Crippen LogP contribution in [0.25, 0.3) is 11.0 Å². The highest BCUT2D eigenvalue weighted by atomic mass is 32.2. The van der Waals surface area contributed by atoms with Gasteiger partial charge in [0.05, 0.1) is 11.0 Å². The fourth-order valence-corrected chi connectivity index (χ4v) is 2.14. The van der Waals surface area contributed by atoms with Crippen molar-refractivity contribution in [1.29, 1.82) is 5.41 Å². The van der Waals surface area contributed by atoms with E-state index in [0.717, 1.165) is 11.0 Å². The van der Waals surface area contributed by atoms with Crippen molar-refractivity contribution in [3.63, 3.8) is 0 Å². The van der Waals surface area contributed by atoms with Gasteiger partial charge in [-0.05, 0) is 18.4 Å². The Bertz CT molecular complexity index is 580. The summed E-state index contributed by atoms with van der Waals surface area (Å²) in [6.45, 7) is 0. The number of nitrogens with zero attached hydrogens (tertiary/aromatic N) is 2. The van der Waals surface area contributed by atoms with Crippen molar-refractivity contribution in [3.05, 3.63) is 29.9 Å². The maximum absolute atomic E-state index is 7.98. The van der Waals surface area contributed by atoms with Crippen LogP contribution in [-0.2, 0) is 7.05 Å². The molecule has 0 bridgehead atoms. The van der Waals surface area contributed by atoms with Gasteiger partial charge in [-0.2, -0.15) is 0 Å². The van der Waals surface area contributed by atoms with Crippen molar-refractivity contribution in [2.45, 2.75) is 0 Å². The van der Waals surface area contributed by atoms with Gasteiger partial charge < -0.3 is 4.57 Å². The van der Waals surface area contributed by atoms with Crippen molar-refractivity contribution in [2.24, 2.45) is 7.05 Å². The average molecular weight is 237 g/mol. The summed E-state index contributed by atoms with van der Waals surface area (Å²) in [7, 11) is 1.88. The second-order valence-corrected chi connectivity index (χ2v) is 4.62. The van der Waals surface area contributed by atoms with Crippen molar-refractivity contribution in [3.8, 4) is 0 Å². The number of thiocarbonyl (C=S) groups is 1. The normalized spacial score (nSPS) is 10.8. The van der Waals surface area contributed by atoms with Gasteiger partial charge in [0, 0.05) is 7.05 Å². The van der Waals surface area contributed by atoms with Gasteiger partial charge in [0.1, 0.15) is 4.32 Å². The molecule has 0 aliphatic carbocycles. The lowest BCUT2D eigenvalue weighted by atomic mass is 10.3. The van der Waals surface area contributed by atoms with E-state index < -0.39 is 0 Å². The number of imidazole rings is 1. The summed E-state index contributed by atoms with van der Waals surface area (Å²) in [5.41, 5.74) is 2.43. The highest BCUT2D eigenvalue weighted by Gasteiger charge is 2.09. The van der Waals surface area contributed by atoms with E-state index in [2.05, 4.69) is 0 Å². The lowest BCUT2D eigenvalue weighted by Crippen LogP contribution is -2.25. The van der Waals surface area contributed by atoms with Crippen molar-refractivity contribution < 1.29 is 0 Å². The quantitative estimate of drug-likeness (QED) is 0.711. The highest BCUT2D eigenvalue weighted by Crippen LogP contribution is 2.13. The molecule has 0 fully saturated rings. The molecule has 0 aliphatic rings. The summed E-state index contributed by atoms with van der Waals surface area (Å²) < 4.78 is 4.32. The van der Waals surface area contributed by atoms with Gasteiger partial charge in [0.25, 0.3) is 0 Å². The summed E-state index contributed by atoms with van der Waals surface area (Å²) in [5, 5.41) is 7.98. The van der Waals surface area contributed by atoms with Crippen LogP contribution in [0.2, 0.25) is 0 Å². The first-order valence-electron chi connectivity index (χ1n) is 4.46. The molecule has 0 radical (unpaired) electrons. The van der Waals surface area contributed by atoms with E-state index in [1.165, 1.54) is 11.8 Å². The monoisotopic (exact) mass is 237 g/mol. The van der Waals surface area contributed by atoms with E-state index in [1.807, 2.05) is 42.1 Å². The standard InChI is InChI=1S/C10H11N3S2/c1-12-7-5-3-4-6-8(7)13(9(12)11)10(14)15-2/h3-6,11H,1-2H3. The Hall–Kier alpha value is -1.07. The van der Waals surface area contributed by atoms with Crippen LogP contribution in [-0.4, -0.2) is 19.7 Å². The molecule has 0 spiro atoms. The first-order valence-corrected chi connectivity index (χ1v) is 6.09. The van der Waals surface area contributed by atoms with Crippen LogP contribution in [0.5, 0.6) is 0 Å². The maximum Gasteiger partial charge on any atom is 0.208 e. The molecule has 0 aliphatic heterocycles. The first kappa shape index (κ1) is 10.4. The Morgan fingerprint density at radius 1 is 1.33 bits per heavy atom. The molecule has 1 heterocycles. The molecule has 1 aromatic heterocycles. The van der Waals surface area contributed by atoms with E-state index >= 15 is 0 Å². The maximum atomic E-state index is 7.98. The number of aryl methyl sites for hydroxylation is 1. The van der Waals surface area contributed by atoms with E-state index in [-0.39, 0.29) is 0 Å². The summed E-state index contributed by atoms with van der Waals surface area (Å²) in [4.78, 5) is 0. The summed E-state index contributed by atoms with van der Waals surface area (Å²) >= 11 is 6.72. The molecule has 0 unspecified atom stereocenters. The Balaban J connectivity index is 2.90. The van der Waals surface area contributed by atoms with Crippen LogP contribution >= 0.6 is 24.0 Å². The highest BCUT2D eigenvalue weighted by molar-refractivity contribution is 8.22. The second-order valence-electron chi connectivity index (χ2n) is 3.18. The molecule has 78 valence electrons. The molecule has 1 aromatic carbocycles. The number of rotatable bonds is 0. The fourth-order valence-electron chi connectivity index (χ4n) is 1.59. The molecule has 15 heavy (non-hydrogen) atoms. The molecule has 3 nitrogen and oxygen atoms in total. The minimum absolute atomic E-state index is 0.413. The number of hydrogen-bond acceptors (Lipinski definition) is 3. The predicted molar refractivity (Wildman–Crippen MR) is 68.3 cm³/mol. The molecule has 5 heteroatoms. The van der Waals surface area contributed by atoms with E-state index in [0.29, 0.717) is 9.94 Å². The Morgan fingerprint density at radius 3 is 2.53 bits per heavy atom. The minimum atomic E-state index is 0.413. The number of hydrogen-bond donors (Lipinski definition) is 1. The topological polar surface area (TPSA) is 33.7 Å². The van der Waals surface area contributed by atoms with Crippen LogP contribution in [0.3, 0.4) is 0 Å². The molecule has 0 saturated heterocycles. The van der Waals surface area contributed by atoms with E-state index in [1.54, 1.807) is 4.57 Å². The first-order chi connectivity index (χ1) is 7.16. The Kier molecular flexibility index (Phi) is 2.67. The molecule has 0 saturated carbocycles. The van der Waals surface area contributed by atoms with E-state index in [9.17, 15) is 0 Å². The number of benzene rings is 1. The predicted octanol–water partition coefficient (Wildman–Crippen LogP) is 1.96. The SMILES string of the molecule is CSC(=S)n1c(=N)n(C)c2ccccc21. The zero-order chi connectivity index (χ0) is 11.0. The zero-order valence-corrected chi connectivity index (χ0v) is 10.2. The van der Waals surface area contributed by atoms with Crippen LogP contribution in [0.4, 0.5) is 0 Å². The number of thioether (sulfide) groups is 1. The fraction of sp³-hybridized carbons (Fsp3) is 0.200. The van der Waals surface area contributed by atoms with Crippen LogP contribution < -0.4 is 5.62 Å². The van der Waals surface area contributed by atoms with Gasteiger partial charge in [-0.15, -0.1) is 0 Å². The third-order valence-corrected chi connectivity index (χ3v) is 3.59. The molecule has 0 atom stereocenters. The van der Waals surface area contributed by atoms with Crippen LogP contribution in [0.1, 0.15) is 0 Å². The lowest BCUT2D eigenvalue weighted by molar-refractivity contribution is 0.809. The summed E-state index contributed by atoms with van der Waals surface area (Å²) in [5.74, 6) is 0. The van der Waals surface area contributed by atoms with Gasteiger partial charge >= 0.3 is 0 Å². The number of fused-ring (bicyclic) bond motifs is 1. The van der Waals surface area contributed by atoms with Crippen LogP contribution in [0, 0.1) is 5.41 Å². The number of para-hydroxylation sites is 2. The number of aromatic nitrogens is 2. The Labute approximate surface area is 97.2 Å². The van der Waals surface area contributed by atoms with Crippen molar-refractivity contribution >= 4 is 39.3 Å². The van der Waals surface area contributed by atoms with Gasteiger partial charge in [-0.25, -0.2) is 0 Å². The lowest BCUT2D eigenvalue weighted by Gasteiger charge is -2.01. The molecular weight excluding hydrogens is 226 g/mol. The summed E-state index contributed by atoms with van der Waals surface area (Å²) in [6.07, 6.45) is 1.93. The van der Waals surface area contributed by atoms with Crippen LogP contribution in [0.15, 0.2) is 24.3 Å². The third kappa shape index (κ3) is 1.52. The van der Waals surface area contributed by atoms with Crippen molar-refractivity contribution in [1.82, 2.24) is 9.13 Å². The Morgan fingerprint density at radius 2 is 1.93 bits per heavy atom. The molecular formula is C10H11N3S2. The minimum Gasteiger partial charge on any atom is -0.313 e. The molecule has 0 amide bonds. The molecule has 2 rings (SSSR count). The molecule has 2 aromatic rings. The van der Waals surface area contributed by atoms with Gasteiger partial charge in [0.15, 0.2) is 0 Å². The average Bonchev–Trinajstić information content (AvgIpc) is 2.52. The van der Waals surface area contributed by atoms with Gasteiger partial charge in [-0.1, -0.05) is 36.1 Å². The second kappa shape index (κ2) is 3.83. The smallest absolute Gasteiger partial charge is 0.208 e. The zero-order valence-electron chi connectivity index (χ0n) is 8.52. The number of nitrogens with one attached hydrogen (secondary N) is 1. The van der Waals surface area contributed by atoms with Gasteiger partial charge in [-0.3, -0.25) is 9.98 Å². The van der Waals surface area contributed by atoms with E-state index in [4.69, 9.17) is 17.6 Å². The molecule has 1 N–H and O–H groups in total. The third-order valence-electron chi connectivity index (χ3n) is 2.37. The van der Waals surface area contributed by atoms with Gasteiger partial charge in [0.2, 0.25) is 5.62 Å². The largest absolute Gasteiger partial charge is 0.313 e.